The van der Waals surface area contributed by atoms with Gasteiger partial charge in [0, 0.05) is 6.54 Å². The molecule has 0 aliphatic carbocycles. The number of para-hydroxylation sites is 2. The SMILES string of the molecule is CCCn1c(=O)n(CC(=O)NCCOc2ccc(OC)cc2)c2ccccc21. The summed E-state index contributed by atoms with van der Waals surface area (Å²) in [6, 6.07) is 14.8. The molecule has 3 rings (SSSR count). The number of nitrogens with zero attached hydrogens (tertiary/aromatic N) is 2. The molecule has 28 heavy (non-hydrogen) atoms. The van der Waals surface area contributed by atoms with E-state index < -0.39 is 0 Å². The van der Waals surface area contributed by atoms with Crippen LogP contribution in [0.25, 0.3) is 11.0 Å². The molecule has 0 atom stereocenters. The molecule has 0 bridgehead atoms. The van der Waals surface area contributed by atoms with E-state index in [0.717, 1.165) is 23.2 Å². The van der Waals surface area contributed by atoms with Gasteiger partial charge in [0.05, 0.1) is 24.7 Å². The van der Waals surface area contributed by atoms with Crippen molar-refractivity contribution in [2.24, 2.45) is 0 Å². The summed E-state index contributed by atoms with van der Waals surface area (Å²) >= 11 is 0. The number of benzene rings is 2. The Hall–Kier alpha value is -3.22. The smallest absolute Gasteiger partial charge is 0.329 e. The van der Waals surface area contributed by atoms with Crippen molar-refractivity contribution in [3.63, 3.8) is 0 Å². The Balaban J connectivity index is 1.57. The maximum absolute atomic E-state index is 12.7. The Bertz CT molecular complexity index is 989. The molecule has 2 aromatic carbocycles. The van der Waals surface area contributed by atoms with Crippen molar-refractivity contribution in [1.29, 1.82) is 0 Å². The number of ether oxygens (including phenoxy) is 2. The molecule has 3 aromatic rings. The maximum Gasteiger partial charge on any atom is 0.329 e. The van der Waals surface area contributed by atoms with Gasteiger partial charge in [-0.05, 0) is 42.8 Å². The van der Waals surface area contributed by atoms with Gasteiger partial charge in [-0.3, -0.25) is 13.9 Å². The van der Waals surface area contributed by atoms with Crippen molar-refractivity contribution in [2.75, 3.05) is 20.3 Å². The Morgan fingerprint density at radius 1 is 1.00 bits per heavy atom. The van der Waals surface area contributed by atoms with Crippen LogP contribution < -0.4 is 20.5 Å². The second kappa shape index (κ2) is 9.12. The molecule has 1 aromatic heterocycles. The highest BCUT2D eigenvalue weighted by Crippen LogP contribution is 2.16. The average Bonchev–Trinajstić information content (AvgIpc) is 2.98. The molecule has 0 saturated heterocycles. The highest BCUT2D eigenvalue weighted by Gasteiger charge is 2.14. The molecule has 7 nitrogen and oxygen atoms in total. The number of aryl methyl sites for hydroxylation is 1. The zero-order valence-electron chi connectivity index (χ0n) is 16.2. The summed E-state index contributed by atoms with van der Waals surface area (Å²) < 4.78 is 13.9. The minimum atomic E-state index is -0.222. The Morgan fingerprint density at radius 3 is 2.29 bits per heavy atom. The lowest BCUT2D eigenvalue weighted by atomic mass is 10.3. The largest absolute Gasteiger partial charge is 0.497 e. The number of fused-ring (bicyclic) bond motifs is 1. The van der Waals surface area contributed by atoms with Crippen molar-refractivity contribution in [1.82, 2.24) is 14.5 Å². The topological polar surface area (TPSA) is 74.5 Å². The van der Waals surface area contributed by atoms with E-state index in [9.17, 15) is 9.59 Å². The molecule has 0 saturated carbocycles. The van der Waals surface area contributed by atoms with Crippen LogP contribution in [0, 0.1) is 0 Å². The maximum atomic E-state index is 12.7. The van der Waals surface area contributed by atoms with E-state index in [1.165, 1.54) is 4.57 Å². The predicted molar refractivity (Wildman–Crippen MR) is 108 cm³/mol. The lowest BCUT2D eigenvalue weighted by Gasteiger charge is -2.09. The van der Waals surface area contributed by atoms with Gasteiger partial charge < -0.3 is 14.8 Å². The van der Waals surface area contributed by atoms with Crippen LogP contribution in [-0.4, -0.2) is 35.3 Å². The molecule has 7 heteroatoms. The standard InChI is InChI=1S/C21H25N3O4/c1-3-13-23-18-6-4-5-7-19(18)24(21(23)26)15-20(25)22-12-14-28-17-10-8-16(27-2)9-11-17/h4-11H,3,12-15H2,1-2H3,(H,22,25). The van der Waals surface area contributed by atoms with E-state index in [0.29, 0.717) is 25.4 Å². The molecule has 1 amide bonds. The summed E-state index contributed by atoms with van der Waals surface area (Å²) in [6.07, 6.45) is 0.850. The van der Waals surface area contributed by atoms with E-state index in [1.54, 1.807) is 11.7 Å². The summed E-state index contributed by atoms with van der Waals surface area (Å²) in [7, 11) is 1.61. The van der Waals surface area contributed by atoms with Crippen LogP contribution in [0.4, 0.5) is 0 Å². The first kappa shape index (κ1) is 19.5. The van der Waals surface area contributed by atoms with Gasteiger partial charge in [-0.2, -0.15) is 0 Å². The summed E-state index contributed by atoms with van der Waals surface area (Å²) in [5.74, 6) is 1.24. The van der Waals surface area contributed by atoms with Crippen LogP contribution in [-0.2, 0) is 17.9 Å². The lowest BCUT2D eigenvalue weighted by molar-refractivity contribution is -0.121. The van der Waals surface area contributed by atoms with Crippen molar-refractivity contribution >= 4 is 16.9 Å². The molecule has 1 heterocycles. The van der Waals surface area contributed by atoms with Crippen molar-refractivity contribution < 1.29 is 14.3 Å². The van der Waals surface area contributed by atoms with Crippen molar-refractivity contribution in [3.05, 3.63) is 59.0 Å². The van der Waals surface area contributed by atoms with E-state index in [4.69, 9.17) is 9.47 Å². The number of amides is 1. The van der Waals surface area contributed by atoms with E-state index >= 15 is 0 Å². The third-order valence-electron chi connectivity index (χ3n) is 4.43. The molecule has 0 unspecified atom stereocenters. The van der Waals surface area contributed by atoms with Gasteiger partial charge >= 0.3 is 5.69 Å². The second-order valence-electron chi connectivity index (χ2n) is 6.38. The Kier molecular flexibility index (Phi) is 6.37. The number of aromatic nitrogens is 2. The second-order valence-corrected chi connectivity index (χ2v) is 6.38. The minimum Gasteiger partial charge on any atom is -0.497 e. The zero-order chi connectivity index (χ0) is 19.9. The Labute approximate surface area is 163 Å². The average molecular weight is 383 g/mol. The summed E-state index contributed by atoms with van der Waals surface area (Å²) in [5, 5.41) is 2.80. The number of imidazole rings is 1. The van der Waals surface area contributed by atoms with Gasteiger partial charge in [0.25, 0.3) is 0 Å². The molecule has 148 valence electrons. The number of nitrogens with one attached hydrogen (secondary N) is 1. The van der Waals surface area contributed by atoms with E-state index in [1.807, 2.05) is 55.5 Å². The highest BCUT2D eigenvalue weighted by atomic mass is 16.5. The van der Waals surface area contributed by atoms with Crippen LogP contribution >= 0.6 is 0 Å². The molecule has 1 N–H and O–H groups in total. The van der Waals surface area contributed by atoms with Crippen LogP contribution in [0.3, 0.4) is 0 Å². The number of carbonyl (C=O) groups is 1. The summed E-state index contributed by atoms with van der Waals surface area (Å²) in [6.45, 7) is 3.33. The molecule has 0 aliphatic heterocycles. The summed E-state index contributed by atoms with van der Waals surface area (Å²) in [5.41, 5.74) is 1.46. The number of rotatable bonds is 9. The molecular weight excluding hydrogens is 358 g/mol. The first-order valence-electron chi connectivity index (χ1n) is 9.35. The van der Waals surface area contributed by atoms with Crippen molar-refractivity contribution in [3.8, 4) is 11.5 Å². The Morgan fingerprint density at radius 2 is 1.64 bits per heavy atom. The van der Waals surface area contributed by atoms with Gasteiger partial charge in [-0.25, -0.2) is 4.79 Å². The fourth-order valence-electron chi connectivity index (χ4n) is 3.10. The van der Waals surface area contributed by atoms with Crippen LogP contribution in [0.2, 0.25) is 0 Å². The minimum absolute atomic E-state index is 0.0153. The third-order valence-corrected chi connectivity index (χ3v) is 4.43. The summed E-state index contributed by atoms with van der Waals surface area (Å²) in [4.78, 5) is 25.0. The first-order chi connectivity index (χ1) is 13.6. The van der Waals surface area contributed by atoms with Gasteiger partial charge in [-0.1, -0.05) is 19.1 Å². The number of carbonyl (C=O) groups excluding carboxylic acids is 1. The fourth-order valence-corrected chi connectivity index (χ4v) is 3.10. The normalized spacial score (nSPS) is 10.8. The van der Waals surface area contributed by atoms with Crippen LogP contribution in [0.5, 0.6) is 11.5 Å². The van der Waals surface area contributed by atoms with Crippen LogP contribution in [0.1, 0.15) is 13.3 Å². The third kappa shape index (κ3) is 4.36. The fraction of sp³-hybridized carbons (Fsp3) is 0.333. The molecular formula is C21H25N3O4. The van der Waals surface area contributed by atoms with Gasteiger partial charge in [-0.15, -0.1) is 0 Å². The monoisotopic (exact) mass is 383 g/mol. The molecule has 0 spiro atoms. The van der Waals surface area contributed by atoms with Gasteiger partial charge in [0.2, 0.25) is 5.91 Å². The first-order valence-corrected chi connectivity index (χ1v) is 9.35. The number of methoxy groups -OCH3 is 1. The molecule has 0 aliphatic rings. The predicted octanol–water partition coefficient (Wildman–Crippen LogP) is 2.42. The molecule has 0 fully saturated rings. The molecule has 0 radical (unpaired) electrons. The van der Waals surface area contributed by atoms with E-state index in [-0.39, 0.29) is 18.1 Å². The number of hydrogen-bond acceptors (Lipinski definition) is 4. The highest BCUT2D eigenvalue weighted by molar-refractivity contribution is 5.80. The van der Waals surface area contributed by atoms with Gasteiger partial charge in [0.15, 0.2) is 0 Å². The zero-order valence-corrected chi connectivity index (χ0v) is 16.2. The van der Waals surface area contributed by atoms with E-state index in [2.05, 4.69) is 5.32 Å². The van der Waals surface area contributed by atoms with Gasteiger partial charge in [0.1, 0.15) is 24.7 Å². The quantitative estimate of drug-likeness (QED) is 0.576. The lowest BCUT2D eigenvalue weighted by Crippen LogP contribution is -2.35. The number of hydrogen-bond donors (Lipinski definition) is 1. The van der Waals surface area contributed by atoms with Crippen molar-refractivity contribution in [2.45, 2.75) is 26.4 Å². The van der Waals surface area contributed by atoms with Crippen LogP contribution in [0.15, 0.2) is 53.3 Å².